The van der Waals surface area contributed by atoms with E-state index in [9.17, 15) is 5.11 Å². The van der Waals surface area contributed by atoms with E-state index in [4.69, 9.17) is 16.3 Å². The summed E-state index contributed by atoms with van der Waals surface area (Å²) in [7, 11) is 0. The van der Waals surface area contributed by atoms with Gasteiger partial charge in [0.05, 0.1) is 0 Å². The molecule has 1 atom stereocenters. The fourth-order valence-electron chi connectivity index (χ4n) is 3.53. The monoisotopic (exact) mass is 403 g/mol. The molecule has 0 amide bonds. The number of halogens is 1. The molecule has 1 aliphatic heterocycles. The van der Waals surface area contributed by atoms with Gasteiger partial charge in [0.15, 0.2) is 0 Å². The average molecular weight is 404 g/mol. The van der Waals surface area contributed by atoms with Crippen LogP contribution in [0, 0.1) is 0 Å². The van der Waals surface area contributed by atoms with Crippen molar-refractivity contribution in [1.82, 2.24) is 15.2 Å². The molecule has 1 aromatic heterocycles. The van der Waals surface area contributed by atoms with E-state index in [2.05, 4.69) is 15.2 Å². The number of rotatable bonds is 9. The summed E-state index contributed by atoms with van der Waals surface area (Å²) in [4.78, 5) is 6.47. The van der Waals surface area contributed by atoms with Gasteiger partial charge in [0.2, 0.25) is 0 Å². The number of benzene rings is 1. The summed E-state index contributed by atoms with van der Waals surface area (Å²) in [6.45, 7) is 4.45. The standard InChI is InChI=1S/C22H30ClN3O2/c23-20-7-8-22(19(12-20)15-25-14-18-6-5-9-24-13-18)28-17-21(27)16-26-10-3-1-2-4-11-26/h5-9,12-13,21,25,27H,1-4,10-11,14-17H2. The fourth-order valence-corrected chi connectivity index (χ4v) is 3.72. The lowest BCUT2D eigenvalue weighted by atomic mass is 10.2. The third-order valence-corrected chi connectivity index (χ3v) is 5.22. The number of aliphatic hydroxyl groups excluding tert-OH is 1. The maximum absolute atomic E-state index is 10.4. The predicted octanol–water partition coefficient (Wildman–Crippen LogP) is 3.64. The van der Waals surface area contributed by atoms with Crippen LogP contribution in [0.2, 0.25) is 5.02 Å². The molecule has 0 aliphatic carbocycles. The molecular weight excluding hydrogens is 374 g/mol. The van der Waals surface area contributed by atoms with Gasteiger partial charge in [0.25, 0.3) is 0 Å². The lowest BCUT2D eigenvalue weighted by molar-refractivity contribution is 0.0690. The van der Waals surface area contributed by atoms with Gasteiger partial charge in [-0.15, -0.1) is 0 Å². The lowest BCUT2D eigenvalue weighted by Gasteiger charge is -2.23. The van der Waals surface area contributed by atoms with Crippen LogP contribution in [0.25, 0.3) is 0 Å². The molecule has 1 aromatic carbocycles. The number of hydrogen-bond donors (Lipinski definition) is 2. The molecule has 1 aliphatic rings. The van der Waals surface area contributed by atoms with Crippen LogP contribution >= 0.6 is 11.6 Å². The van der Waals surface area contributed by atoms with Gasteiger partial charge in [0.1, 0.15) is 18.5 Å². The van der Waals surface area contributed by atoms with E-state index in [1.807, 2.05) is 36.5 Å². The Morgan fingerprint density at radius 1 is 1.14 bits per heavy atom. The quantitative estimate of drug-likeness (QED) is 0.669. The molecule has 0 saturated carbocycles. The van der Waals surface area contributed by atoms with E-state index in [-0.39, 0.29) is 6.61 Å². The fraction of sp³-hybridized carbons (Fsp3) is 0.500. The van der Waals surface area contributed by atoms with Gasteiger partial charge in [-0.3, -0.25) is 4.98 Å². The molecule has 1 fully saturated rings. The number of ether oxygens (including phenoxy) is 1. The predicted molar refractivity (Wildman–Crippen MR) is 113 cm³/mol. The molecule has 2 N–H and O–H groups in total. The zero-order valence-electron chi connectivity index (χ0n) is 16.3. The lowest BCUT2D eigenvalue weighted by Crippen LogP contribution is -2.36. The van der Waals surface area contributed by atoms with Crippen LogP contribution in [0.3, 0.4) is 0 Å². The molecule has 3 rings (SSSR count). The number of aliphatic hydroxyl groups is 1. The van der Waals surface area contributed by atoms with Crippen molar-refractivity contribution >= 4 is 11.6 Å². The topological polar surface area (TPSA) is 57.6 Å². The molecule has 152 valence electrons. The van der Waals surface area contributed by atoms with Gasteiger partial charge in [-0.25, -0.2) is 0 Å². The Morgan fingerprint density at radius 3 is 2.71 bits per heavy atom. The molecule has 1 saturated heterocycles. The first-order valence-electron chi connectivity index (χ1n) is 10.1. The van der Waals surface area contributed by atoms with Gasteiger partial charge >= 0.3 is 0 Å². The van der Waals surface area contributed by atoms with Gasteiger partial charge < -0.3 is 20.1 Å². The minimum Gasteiger partial charge on any atom is -0.491 e. The van der Waals surface area contributed by atoms with Crippen LogP contribution in [0.15, 0.2) is 42.7 Å². The van der Waals surface area contributed by atoms with E-state index in [1.54, 1.807) is 6.20 Å². The van der Waals surface area contributed by atoms with Crippen molar-refractivity contribution in [3.8, 4) is 5.75 Å². The summed E-state index contributed by atoms with van der Waals surface area (Å²) in [6.07, 6.45) is 8.15. The SMILES string of the molecule is OC(COc1ccc(Cl)cc1CNCc1cccnc1)CN1CCCCCC1. The summed E-state index contributed by atoms with van der Waals surface area (Å²) in [6, 6.07) is 9.57. The van der Waals surface area contributed by atoms with E-state index in [0.29, 0.717) is 18.1 Å². The first kappa shape index (κ1) is 21.1. The van der Waals surface area contributed by atoms with Gasteiger partial charge in [-0.05, 0) is 55.8 Å². The Bertz CT molecular complexity index is 706. The average Bonchev–Trinajstić information content (AvgIpc) is 2.97. The minimum atomic E-state index is -0.495. The Hall–Kier alpha value is -1.66. The van der Waals surface area contributed by atoms with E-state index in [0.717, 1.165) is 36.5 Å². The summed E-state index contributed by atoms with van der Waals surface area (Å²) in [5.74, 6) is 0.762. The zero-order chi connectivity index (χ0) is 19.6. The summed E-state index contributed by atoms with van der Waals surface area (Å²) >= 11 is 6.17. The molecule has 28 heavy (non-hydrogen) atoms. The van der Waals surface area contributed by atoms with Gasteiger partial charge in [0, 0.05) is 42.6 Å². The molecule has 1 unspecified atom stereocenters. The number of nitrogens with zero attached hydrogens (tertiary/aromatic N) is 2. The molecule has 6 heteroatoms. The van der Waals surface area contributed by atoms with Crippen molar-refractivity contribution in [2.45, 2.75) is 44.9 Å². The van der Waals surface area contributed by atoms with Crippen LogP contribution in [0.5, 0.6) is 5.75 Å². The maximum Gasteiger partial charge on any atom is 0.124 e. The molecule has 5 nitrogen and oxygen atoms in total. The van der Waals surface area contributed by atoms with Gasteiger partial charge in [-0.1, -0.05) is 30.5 Å². The number of aromatic nitrogens is 1. The van der Waals surface area contributed by atoms with Crippen molar-refractivity contribution in [2.24, 2.45) is 0 Å². The highest BCUT2D eigenvalue weighted by molar-refractivity contribution is 6.30. The summed E-state index contributed by atoms with van der Waals surface area (Å²) < 4.78 is 5.94. The molecule has 0 radical (unpaired) electrons. The van der Waals surface area contributed by atoms with Crippen LogP contribution < -0.4 is 10.1 Å². The summed E-state index contributed by atoms with van der Waals surface area (Å²) in [5.41, 5.74) is 2.11. The Labute approximate surface area is 172 Å². The minimum absolute atomic E-state index is 0.285. The highest BCUT2D eigenvalue weighted by Crippen LogP contribution is 2.23. The first-order valence-corrected chi connectivity index (χ1v) is 10.5. The largest absolute Gasteiger partial charge is 0.491 e. The van der Waals surface area contributed by atoms with E-state index in [1.165, 1.54) is 25.7 Å². The Kier molecular flexibility index (Phi) is 8.55. The van der Waals surface area contributed by atoms with Crippen LogP contribution in [-0.2, 0) is 13.1 Å². The highest BCUT2D eigenvalue weighted by Gasteiger charge is 2.15. The van der Waals surface area contributed by atoms with Crippen molar-refractivity contribution in [2.75, 3.05) is 26.2 Å². The second-order valence-corrected chi connectivity index (χ2v) is 7.83. The van der Waals surface area contributed by atoms with Crippen molar-refractivity contribution in [3.63, 3.8) is 0 Å². The first-order chi connectivity index (χ1) is 13.7. The number of pyridine rings is 1. The number of hydrogen-bond acceptors (Lipinski definition) is 5. The second-order valence-electron chi connectivity index (χ2n) is 7.40. The molecule has 2 aromatic rings. The number of β-amino-alcohol motifs (C(OH)–C–C–N with tert-alkyl or cyclic N) is 1. The number of nitrogens with one attached hydrogen (secondary N) is 1. The highest BCUT2D eigenvalue weighted by atomic mass is 35.5. The second kappa shape index (κ2) is 11.4. The molecule has 0 spiro atoms. The maximum atomic E-state index is 10.4. The Balaban J connectivity index is 1.50. The van der Waals surface area contributed by atoms with Crippen LogP contribution in [0.4, 0.5) is 0 Å². The molecule has 2 heterocycles. The van der Waals surface area contributed by atoms with E-state index >= 15 is 0 Å². The zero-order valence-corrected chi connectivity index (χ0v) is 17.1. The van der Waals surface area contributed by atoms with Crippen LogP contribution in [0.1, 0.15) is 36.8 Å². The third-order valence-electron chi connectivity index (χ3n) is 4.99. The normalized spacial score (nSPS) is 16.5. The smallest absolute Gasteiger partial charge is 0.124 e. The van der Waals surface area contributed by atoms with Crippen molar-refractivity contribution < 1.29 is 9.84 Å². The molecular formula is C22H30ClN3O2. The van der Waals surface area contributed by atoms with Crippen LogP contribution in [-0.4, -0.2) is 47.3 Å². The van der Waals surface area contributed by atoms with Crippen molar-refractivity contribution in [1.29, 1.82) is 0 Å². The number of likely N-dealkylation sites (tertiary alicyclic amines) is 1. The third kappa shape index (κ3) is 7.06. The van der Waals surface area contributed by atoms with E-state index < -0.39 is 6.10 Å². The van der Waals surface area contributed by atoms with Crippen molar-refractivity contribution in [3.05, 3.63) is 58.9 Å². The summed E-state index contributed by atoms with van der Waals surface area (Å²) in [5, 5.41) is 14.5. The van der Waals surface area contributed by atoms with Gasteiger partial charge in [-0.2, -0.15) is 0 Å². The molecule has 0 bridgehead atoms. The Morgan fingerprint density at radius 2 is 1.96 bits per heavy atom.